The molecule has 1 aliphatic carbocycles. The maximum atomic E-state index is 12.5. The van der Waals surface area contributed by atoms with Crippen molar-refractivity contribution >= 4 is 11.9 Å². The Morgan fingerprint density at radius 2 is 1.44 bits per heavy atom. The van der Waals surface area contributed by atoms with Crippen molar-refractivity contribution in [1.29, 1.82) is 0 Å². The summed E-state index contributed by atoms with van der Waals surface area (Å²) in [4.78, 5) is 12.5. The normalized spacial score (nSPS) is 12.1. The van der Waals surface area contributed by atoms with Gasteiger partial charge in [-0.1, -0.05) is 36.4 Å². The number of aryl methyl sites for hydroxylation is 1. The number of methoxy groups -OCH3 is 1. The molecule has 0 bridgehead atoms. The van der Waals surface area contributed by atoms with E-state index in [1.165, 1.54) is 0 Å². The second-order valence-corrected chi connectivity index (χ2v) is 4.93. The van der Waals surface area contributed by atoms with E-state index in [0.717, 1.165) is 40.9 Å². The van der Waals surface area contributed by atoms with Crippen molar-refractivity contribution in [2.45, 2.75) is 12.8 Å². The Morgan fingerprint density at radius 1 is 0.889 bits per heavy atom. The van der Waals surface area contributed by atoms with Crippen molar-refractivity contribution in [3.05, 3.63) is 90.7 Å². The third kappa shape index (κ3) is 7.66. The Morgan fingerprint density at radius 3 is 2.00 bits per heavy atom. The van der Waals surface area contributed by atoms with Gasteiger partial charge in [0, 0.05) is 28.5 Å². The minimum atomic E-state index is 0. The molecule has 0 heterocycles. The van der Waals surface area contributed by atoms with Crippen LogP contribution in [-0.2, 0) is 37.7 Å². The smallest absolute Gasteiger partial charge is 0 e. The van der Waals surface area contributed by atoms with E-state index in [1.807, 2.05) is 54.6 Å². The van der Waals surface area contributed by atoms with E-state index in [2.05, 4.69) is 20.0 Å². The minimum absolute atomic E-state index is 0. The van der Waals surface area contributed by atoms with E-state index >= 15 is 0 Å². The Balaban J connectivity index is 0. The van der Waals surface area contributed by atoms with Crippen LogP contribution in [0.3, 0.4) is 0 Å². The summed E-state index contributed by atoms with van der Waals surface area (Å²) in [7, 11) is 1.65. The molecule has 2 aromatic carbocycles. The summed E-state index contributed by atoms with van der Waals surface area (Å²) < 4.78 is 27.6. The summed E-state index contributed by atoms with van der Waals surface area (Å²) in [6, 6.07) is 15.6. The van der Waals surface area contributed by atoms with Crippen LogP contribution in [-0.4, -0.2) is 12.9 Å². The third-order valence-electron chi connectivity index (χ3n) is 3.67. The SMILES string of the molecule is COc1ccc(/C=C2\CCc3ccccc3C2=O)cc1.[C-]#[O+].[C-]#[O+].[C-]#[O+].[Cr]. The van der Waals surface area contributed by atoms with Crippen LogP contribution in [0, 0.1) is 20.0 Å². The molecule has 0 spiro atoms. The first-order chi connectivity index (χ1) is 12.8. The predicted octanol–water partition coefficient (Wildman–Crippen LogP) is 3.79. The number of fused-ring (bicyclic) bond motifs is 1. The molecule has 0 amide bonds. The fourth-order valence-electron chi connectivity index (χ4n) is 2.55. The maximum absolute atomic E-state index is 12.5. The van der Waals surface area contributed by atoms with Crippen LogP contribution in [0.1, 0.15) is 27.9 Å². The second kappa shape index (κ2) is 15.6. The molecule has 5 nitrogen and oxygen atoms in total. The van der Waals surface area contributed by atoms with Crippen LogP contribution in [0.15, 0.2) is 54.1 Å². The summed E-state index contributed by atoms with van der Waals surface area (Å²) >= 11 is 0. The minimum Gasteiger partial charge on any atom is 0 e. The number of benzene rings is 2. The molecule has 0 saturated carbocycles. The average Bonchev–Trinajstić information content (AvgIpc) is 2.75. The van der Waals surface area contributed by atoms with E-state index in [4.69, 9.17) is 18.7 Å². The molecule has 0 aromatic heterocycles. The summed E-state index contributed by atoms with van der Waals surface area (Å²) in [5, 5.41) is 0. The van der Waals surface area contributed by atoms with E-state index in [9.17, 15) is 4.79 Å². The number of allylic oxidation sites excluding steroid dienone is 1. The van der Waals surface area contributed by atoms with Gasteiger partial charge >= 0.3 is 33.9 Å². The van der Waals surface area contributed by atoms with Crippen LogP contribution in [0.2, 0.25) is 0 Å². The molecule has 2 aromatic rings. The molecule has 6 heteroatoms. The van der Waals surface area contributed by atoms with Crippen molar-refractivity contribution in [1.82, 2.24) is 0 Å². The molecular weight excluding hydrogens is 384 g/mol. The quantitative estimate of drug-likeness (QED) is 0.436. The maximum Gasteiger partial charge on any atom is 0 e. The number of hydrogen-bond acceptors (Lipinski definition) is 2. The van der Waals surface area contributed by atoms with Gasteiger partial charge in [0.05, 0.1) is 7.11 Å². The first kappa shape index (κ1) is 26.6. The molecule has 0 fully saturated rings. The number of ether oxygens (including phenoxy) is 1. The first-order valence-electron chi connectivity index (χ1n) is 7.36. The molecule has 0 radical (unpaired) electrons. The summed E-state index contributed by atoms with van der Waals surface area (Å²) in [6.45, 7) is 13.5. The number of ketones is 1. The Labute approximate surface area is 169 Å². The van der Waals surface area contributed by atoms with Crippen LogP contribution in [0.5, 0.6) is 5.75 Å². The fraction of sp³-hybridized carbons (Fsp3) is 0.143. The summed E-state index contributed by atoms with van der Waals surface area (Å²) in [6.07, 6.45) is 3.73. The first-order valence-corrected chi connectivity index (χ1v) is 7.36. The van der Waals surface area contributed by atoms with Gasteiger partial charge < -0.3 is 4.74 Å². The van der Waals surface area contributed by atoms with Gasteiger partial charge in [-0.15, -0.1) is 0 Å². The standard InChI is InChI=1S/C18H16O2.3CO.Cr/c1-20-16-10-6-13(7-11-16)12-15-9-8-14-4-2-3-5-17(14)18(15)19;3*1-2;/h2-7,10-12H,8-9H2,1H3;;;;/b15-12+;;;;. The fourth-order valence-corrected chi connectivity index (χ4v) is 2.55. The molecule has 0 N–H and O–H groups in total. The number of hydrogen-bond donors (Lipinski definition) is 0. The van der Waals surface area contributed by atoms with Gasteiger partial charge in [-0.2, -0.15) is 0 Å². The molecular formula is C21H16CrO5. The Hall–Kier alpha value is -2.60. The zero-order chi connectivity index (χ0) is 19.9. The largest absolute Gasteiger partial charge is 0 e. The van der Waals surface area contributed by atoms with Crippen molar-refractivity contribution in [2.24, 2.45) is 0 Å². The van der Waals surface area contributed by atoms with Gasteiger partial charge in [-0.3, -0.25) is 4.79 Å². The molecule has 27 heavy (non-hydrogen) atoms. The molecule has 0 atom stereocenters. The zero-order valence-electron chi connectivity index (χ0n) is 14.6. The van der Waals surface area contributed by atoms with Gasteiger partial charge in [0.2, 0.25) is 0 Å². The van der Waals surface area contributed by atoms with Crippen LogP contribution in [0.25, 0.3) is 6.08 Å². The monoisotopic (exact) mass is 400 g/mol. The summed E-state index contributed by atoms with van der Waals surface area (Å²) in [5.74, 6) is 0.982. The van der Waals surface area contributed by atoms with E-state index in [-0.39, 0.29) is 23.1 Å². The molecule has 0 saturated heterocycles. The van der Waals surface area contributed by atoms with Crippen LogP contribution in [0.4, 0.5) is 0 Å². The topological polar surface area (TPSA) is 86.0 Å². The molecule has 1 aliphatic rings. The second-order valence-electron chi connectivity index (χ2n) is 4.93. The molecule has 0 unspecified atom stereocenters. The average molecular weight is 400 g/mol. The Kier molecular flexibility index (Phi) is 15.4. The number of rotatable bonds is 2. The van der Waals surface area contributed by atoms with Gasteiger partial charge in [0.1, 0.15) is 5.75 Å². The van der Waals surface area contributed by atoms with Gasteiger partial charge in [0.15, 0.2) is 5.78 Å². The van der Waals surface area contributed by atoms with Crippen LogP contribution >= 0.6 is 0 Å². The van der Waals surface area contributed by atoms with Crippen molar-refractivity contribution in [2.75, 3.05) is 7.11 Å². The molecule has 136 valence electrons. The summed E-state index contributed by atoms with van der Waals surface area (Å²) in [5.41, 5.74) is 3.92. The predicted molar refractivity (Wildman–Crippen MR) is 91.9 cm³/mol. The number of carbonyl (C=O) groups excluding carboxylic acids is 1. The van der Waals surface area contributed by atoms with E-state index in [0.29, 0.717) is 0 Å². The van der Waals surface area contributed by atoms with E-state index < -0.39 is 0 Å². The molecule has 3 rings (SSSR count). The molecule has 0 aliphatic heterocycles. The van der Waals surface area contributed by atoms with E-state index in [1.54, 1.807) is 7.11 Å². The van der Waals surface area contributed by atoms with Crippen molar-refractivity contribution in [3.63, 3.8) is 0 Å². The Bertz CT molecular complexity index is 787. The zero-order valence-corrected chi connectivity index (χ0v) is 15.8. The van der Waals surface area contributed by atoms with Crippen molar-refractivity contribution in [3.8, 4) is 5.75 Å². The number of Topliss-reactive ketones (excluding diaryl/α,β-unsaturated/α-hetero) is 1. The van der Waals surface area contributed by atoms with Gasteiger partial charge in [-0.25, -0.2) is 0 Å². The van der Waals surface area contributed by atoms with Crippen LogP contribution < -0.4 is 4.74 Å². The van der Waals surface area contributed by atoms with Crippen molar-refractivity contribution < 1.29 is 40.8 Å². The third-order valence-corrected chi connectivity index (χ3v) is 3.67. The van der Waals surface area contributed by atoms with Gasteiger partial charge in [-0.05, 0) is 42.2 Å². The van der Waals surface area contributed by atoms with Gasteiger partial charge in [0.25, 0.3) is 0 Å². The number of carbonyl (C=O) groups is 1.